The quantitative estimate of drug-likeness (QED) is 0.603. The lowest BCUT2D eigenvalue weighted by molar-refractivity contribution is 0.0946. The molecule has 0 saturated carbocycles. The molecular weight excluding hydrogens is 314 g/mol. The van der Waals surface area contributed by atoms with Gasteiger partial charge in [-0.05, 0) is 42.3 Å². The van der Waals surface area contributed by atoms with E-state index in [1.54, 1.807) is 18.7 Å². The van der Waals surface area contributed by atoms with Crippen LogP contribution < -0.4 is 5.32 Å². The number of benzene rings is 1. The summed E-state index contributed by atoms with van der Waals surface area (Å²) in [5, 5.41) is 3.97. The first-order valence-electron chi connectivity index (χ1n) is 8.00. The molecule has 2 N–H and O–H groups in total. The van der Waals surface area contributed by atoms with Crippen LogP contribution in [0.1, 0.15) is 21.6 Å². The van der Waals surface area contributed by atoms with Gasteiger partial charge in [0.2, 0.25) is 0 Å². The molecule has 0 saturated heterocycles. The van der Waals surface area contributed by atoms with Crippen molar-refractivity contribution >= 4 is 16.8 Å². The third-order valence-electron chi connectivity index (χ3n) is 4.05. The van der Waals surface area contributed by atoms with Gasteiger partial charge in [0, 0.05) is 36.0 Å². The number of hydrogen-bond acceptors (Lipinski definition) is 3. The number of H-pyrrole nitrogens is 1. The number of pyridine rings is 1. The number of imidazole rings is 1. The first-order chi connectivity index (χ1) is 12.2. The topological polar surface area (TPSA) is 75.6 Å². The second-order valence-electron chi connectivity index (χ2n) is 5.95. The maximum Gasteiger partial charge on any atom is 0.267 e. The zero-order valence-corrected chi connectivity index (χ0v) is 13.7. The highest BCUT2D eigenvalue weighted by Crippen LogP contribution is 2.17. The molecule has 124 valence electrons. The van der Waals surface area contributed by atoms with Gasteiger partial charge in [-0.1, -0.05) is 12.1 Å². The minimum Gasteiger partial charge on any atom is -0.351 e. The Labute approximate surface area is 144 Å². The maximum absolute atomic E-state index is 12.4. The molecule has 0 aliphatic heterocycles. The van der Waals surface area contributed by atoms with Crippen LogP contribution in [0.3, 0.4) is 0 Å². The minimum absolute atomic E-state index is 0.130. The van der Waals surface area contributed by atoms with Gasteiger partial charge < -0.3 is 10.3 Å². The van der Waals surface area contributed by atoms with Gasteiger partial charge in [0.05, 0.1) is 0 Å². The van der Waals surface area contributed by atoms with Crippen LogP contribution in [0.2, 0.25) is 0 Å². The normalized spacial score (nSPS) is 10.9. The van der Waals surface area contributed by atoms with Crippen LogP contribution in [0.25, 0.3) is 16.7 Å². The summed E-state index contributed by atoms with van der Waals surface area (Å²) in [6.07, 6.45) is 6.95. The third-order valence-corrected chi connectivity index (χ3v) is 4.05. The molecule has 6 nitrogen and oxygen atoms in total. The standard InChI is InChI=1S/C19H17N5O/c1-13-2-3-15-10-17(23-16(15)8-13)19(25)22-11-14-4-5-21-18(9-14)24-7-6-20-12-24/h2-10,12,23H,11H2,1H3,(H,22,25). The highest BCUT2D eigenvalue weighted by atomic mass is 16.1. The summed E-state index contributed by atoms with van der Waals surface area (Å²) >= 11 is 0. The SMILES string of the molecule is Cc1ccc2cc(C(=O)NCc3ccnc(-n4ccnc4)c3)[nH]c2c1. The number of aromatic amines is 1. The van der Waals surface area contributed by atoms with Crippen LogP contribution in [-0.4, -0.2) is 25.4 Å². The molecule has 1 aromatic carbocycles. The average Bonchev–Trinajstić information content (AvgIpc) is 3.29. The minimum atomic E-state index is -0.130. The number of nitrogens with one attached hydrogen (secondary N) is 2. The molecule has 0 bridgehead atoms. The van der Waals surface area contributed by atoms with Crippen LogP contribution in [0.4, 0.5) is 0 Å². The van der Waals surface area contributed by atoms with Crippen LogP contribution >= 0.6 is 0 Å². The summed E-state index contributed by atoms with van der Waals surface area (Å²) in [5.74, 6) is 0.639. The Balaban J connectivity index is 1.48. The highest BCUT2D eigenvalue weighted by Gasteiger charge is 2.09. The number of fused-ring (bicyclic) bond motifs is 1. The Kier molecular flexibility index (Phi) is 3.78. The van der Waals surface area contributed by atoms with E-state index in [1.807, 2.05) is 54.1 Å². The lowest BCUT2D eigenvalue weighted by atomic mass is 10.2. The predicted octanol–water partition coefficient (Wildman–Crippen LogP) is 2.99. The number of aromatic nitrogens is 4. The maximum atomic E-state index is 12.4. The molecule has 25 heavy (non-hydrogen) atoms. The zero-order valence-electron chi connectivity index (χ0n) is 13.7. The summed E-state index contributed by atoms with van der Waals surface area (Å²) in [4.78, 5) is 23.9. The van der Waals surface area contributed by atoms with Crippen molar-refractivity contribution in [1.29, 1.82) is 0 Å². The number of carbonyl (C=O) groups excluding carboxylic acids is 1. The molecule has 6 heteroatoms. The molecule has 0 atom stereocenters. The van der Waals surface area contributed by atoms with Crippen molar-refractivity contribution in [2.45, 2.75) is 13.5 Å². The Bertz CT molecular complexity index is 1030. The summed E-state index contributed by atoms with van der Waals surface area (Å²) in [7, 11) is 0. The molecule has 0 radical (unpaired) electrons. The Morgan fingerprint density at radius 2 is 2.12 bits per heavy atom. The smallest absolute Gasteiger partial charge is 0.267 e. The largest absolute Gasteiger partial charge is 0.351 e. The summed E-state index contributed by atoms with van der Waals surface area (Å²) < 4.78 is 1.82. The molecule has 3 aromatic heterocycles. The van der Waals surface area contributed by atoms with Crippen molar-refractivity contribution in [1.82, 2.24) is 24.8 Å². The van der Waals surface area contributed by atoms with E-state index in [0.29, 0.717) is 12.2 Å². The molecule has 4 aromatic rings. The van der Waals surface area contributed by atoms with Crippen molar-refractivity contribution in [3.63, 3.8) is 0 Å². The number of hydrogen-bond donors (Lipinski definition) is 2. The highest BCUT2D eigenvalue weighted by molar-refractivity contribution is 5.98. The van der Waals surface area contributed by atoms with Crippen molar-refractivity contribution < 1.29 is 4.79 Å². The van der Waals surface area contributed by atoms with E-state index in [4.69, 9.17) is 0 Å². The molecule has 0 aliphatic carbocycles. The van der Waals surface area contributed by atoms with Gasteiger partial charge >= 0.3 is 0 Å². The Morgan fingerprint density at radius 3 is 2.96 bits per heavy atom. The molecule has 0 unspecified atom stereocenters. The molecular formula is C19H17N5O. The van der Waals surface area contributed by atoms with Crippen LogP contribution in [0, 0.1) is 6.92 Å². The summed E-state index contributed by atoms with van der Waals surface area (Å²) in [6, 6.07) is 11.8. The van der Waals surface area contributed by atoms with Gasteiger partial charge in [0.25, 0.3) is 5.91 Å². The number of aryl methyl sites for hydroxylation is 1. The van der Waals surface area contributed by atoms with Gasteiger partial charge in [-0.2, -0.15) is 0 Å². The number of carbonyl (C=O) groups is 1. The lowest BCUT2D eigenvalue weighted by Gasteiger charge is -2.06. The van der Waals surface area contributed by atoms with Crippen LogP contribution in [0.5, 0.6) is 0 Å². The Morgan fingerprint density at radius 1 is 1.20 bits per heavy atom. The first kappa shape index (κ1) is 15.1. The fraction of sp³-hybridized carbons (Fsp3) is 0.105. The van der Waals surface area contributed by atoms with E-state index < -0.39 is 0 Å². The van der Waals surface area contributed by atoms with Gasteiger partial charge in [-0.25, -0.2) is 9.97 Å². The molecule has 3 heterocycles. The number of rotatable bonds is 4. The van der Waals surface area contributed by atoms with E-state index in [0.717, 1.165) is 27.8 Å². The fourth-order valence-electron chi connectivity index (χ4n) is 2.75. The second kappa shape index (κ2) is 6.24. The molecule has 4 rings (SSSR count). The first-order valence-corrected chi connectivity index (χ1v) is 8.00. The third kappa shape index (κ3) is 3.14. The lowest BCUT2D eigenvalue weighted by Crippen LogP contribution is -2.23. The molecule has 0 spiro atoms. The number of nitrogens with zero attached hydrogens (tertiary/aromatic N) is 3. The van der Waals surface area contributed by atoms with E-state index in [2.05, 4.69) is 20.3 Å². The van der Waals surface area contributed by atoms with Crippen molar-refractivity contribution in [3.8, 4) is 5.82 Å². The monoisotopic (exact) mass is 331 g/mol. The van der Waals surface area contributed by atoms with Gasteiger partial charge in [-0.3, -0.25) is 9.36 Å². The average molecular weight is 331 g/mol. The van der Waals surface area contributed by atoms with Crippen molar-refractivity contribution in [3.05, 3.63) is 78.1 Å². The van der Waals surface area contributed by atoms with Crippen LogP contribution in [0.15, 0.2) is 61.3 Å². The van der Waals surface area contributed by atoms with Crippen LogP contribution in [-0.2, 0) is 6.54 Å². The predicted molar refractivity (Wildman–Crippen MR) is 95.6 cm³/mol. The van der Waals surface area contributed by atoms with Gasteiger partial charge in [-0.15, -0.1) is 0 Å². The number of amides is 1. The van der Waals surface area contributed by atoms with E-state index in [1.165, 1.54) is 0 Å². The van der Waals surface area contributed by atoms with Crippen molar-refractivity contribution in [2.24, 2.45) is 0 Å². The Hall–Kier alpha value is -3.41. The summed E-state index contributed by atoms with van der Waals surface area (Å²) in [5.41, 5.74) is 3.66. The zero-order chi connectivity index (χ0) is 17.2. The summed E-state index contributed by atoms with van der Waals surface area (Å²) in [6.45, 7) is 2.46. The van der Waals surface area contributed by atoms with E-state index in [-0.39, 0.29) is 5.91 Å². The van der Waals surface area contributed by atoms with E-state index >= 15 is 0 Å². The van der Waals surface area contributed by atoms with Gasteiger partial charge in [0.15, 0.2) is 0 Å². The molecule has 0 fully saturated rings. The van der Waals surface area contributed by atoms with Crippen molar-refractivity contribution in [2.75, 3.05) is 0 Å². The fourth-order valence-corrected chi connectivity index (χ4v) is 2.75. The van der Waals surface area contributed by atoms with E-state index in [9.17, 15) is 4.79 Å². The molecule has 1 amide bonds. The van der Waals surface area contributed by atoms with Gasteiger partial charge in [0.1, 0.15) is 17.8 Å². The molecule has 0 aliphatic rings. The second-order valence-corrected chi connectivity index (χ2v) is 5.95.